The van der Waals surface area contributed by atoms with Crippen LogP contribution in [0.15, 0.2) is 0 Å². The van der Waals surface area contributed by atoms with Crippen LogP contribution >= 0.6 is 0 Å². The van der Waals surface area contributed by atoms with Crippen LogP contribution in [-0.2, 0) is 4.74 Å². The Balaban J connectivity index is 4.24. The Morgan fingerprint density at radius 3 is 2.47 bits per heavy atom. The van der Waals surface area contributed by atoms with Gasteiger partial charge in [-0.1, -0.05) is 0 Å². The van der Waals surface area contributed by atoms with Crippen molar-refractivity contribution in [2.24, 2.45) is 5.73 Å². The molecule has 5 heteroatoms. The number of carbonyl (C=O) groups excluding carboxylic acids is 1. The third-order valence-corrected chi connectivity index (χ3v) is 2.26. The number of hydrogen-bond donors (Lipinski definition) is 2. The van der Waals surface area contributed by atoms with E-state index >= 15 is 0 Å². The standard InChI is InChI=1S/C12H27N3O2/c1-6-15(10(2)9-14-8-7-13)11(16)17-12(3,4)5/h10,14H,6-9,13H2,1-5H3/t10-/m1/s1. The van der Waals surface area contributed by atoms with Crippen molar-refractivity contribution in [2.75, 3.05) is 26.2 Å². The molecular formula is C12H27N3O2. The van der Waals surface area contributed by atoms with Gasteiger partial charge < -0.3 is 20.7 Å². The molecule has 0 radical (unpaired) electrons. The Morgan fingerprint density at radius 1 is 1.47 bits per heavy atom. The molecule has 0 aliphatic carbocycles. The summed E-state index contributed by atoms with van der Waals surface area (Å²) >= 11 is 0. The molecule has 0 aromatic carbocycles. The summed E-state index contributed by atoms with van der Waals surface area (Å²) in [5.41, 5.74) is 4.95. The molecule has 0 fully saturated rings. The molecule has 1 amide bonds. The topological polar surface area (TPSA) is 67.6 Å². The molecule has 0 saturated carbocycles. The first kappa shape index (κ1) is 16.2. The molecule has 0 spiro atoms. The van der Waals surface area contributed by atoms with E-state index in [0.29, 0.717) is 13.1 Å². The van der Waals surface area contributed by atoms with Gasteiger partial charge in [0.2, 0.25) is 0 Å². The lowest BCUT2D eigenvalue weighted by atomic mass is 10.2. The van der Waals surface area contributed by atoms with Crippen molar-refractivity contribution in [3.05, 3.63) is 0 Å². The van der Waals surface area contributed by atoms with Crippen LogP contribution in [0.3, 0.4) is 0 Å². The maximum absolute atomic E-state index is 11.9. The Hall–Kier alpha value is -0.810. The van der Waals surface area contributed by atoms with Crippen LogP contribution < -0.4 is 11.1 Å². The van der Waals surface area contributed by atoms with Crippen LogP contribution in [0.5, 0.6) is 0 Å². The van der Waals surface area contributed by atoms with E-state index in [4.69, 9.17) is 10.5 Å². The fraction of sp³-hybridized carbons (Fsp3) is 0.917. The van der Waals surface area contributed by atoms with Crippen molar-refractivity contribution in [1.82, 2.24) is 10.2 Å². The van der Waals surface area contributed by atoms with Gasteiger partial charge in [-0.05, 0) is 34.6 Å². The summed E-state index contributed by atoms with van der Waals surface area (Å²) in [6.45, 7) is 12.3. The van der Waals surface area contributed by atoms with Gasteiger partial charge in [-0.3, -0.25) is 0 Å². The molecule has 5 nitrogen and oxygen atoms in total. The Kier molecular flexibility index (Phi) is 7.15. The number of nitrogens with two attached hydrogens (primary N) is 1. The second-order valence-electron chi connectivity index (χ2n) is 5.11. The molecule has 0 saturated heterocycles. The molecule has 3 N–H and O–H groups in total. The zero-order chi connectivity index (χ0) is 13.5. The maximum Gasteiger partial charge on any atom is 0.410 e. The largest absolute Gasteiger partial charge is 0.444 e. The minimum absolute atomic E-state index is 0.0985. The summed E-state index contributed by atoms with van der Waals surface area (Å²) in [6, 6.07) is 0.0985. The van der Waals surface area contributed by atoms with Gasteiger partial charge in [0.1, 0.15) is 5.60 Å². The predicted molar refractivity (Wildman–Crippen MR) is 70.0 cm³/mol. The van der Waals surface area contributed by atoms with E-state index in [1.165, 1.54) is 0 Å². The number of carbonyl (C=O) groups is 1. The highest BCUT2D eigenvalue weighted by Crippen LogP contribution is 2.11. The summed E-state index contributed by atoms with van der Waals surface area (Å²) in [5.74, 6) is 0. The second-order valence-corrected chi connectivity index (χ2v) is 5.11. The number of amides is 1. The van der Waals surface area contributed by atoms with Crippen LogP contribution in [0.1, 0.15) is 34.6 Å². The van der Waals surface area contributed by atoms with Gasteiger partial charge >= 0.3 is 6.09 Å². The monoisotopic (exact) mass is 245 g/mol. The Morgan fingerprint density at radius 2 is 2.06 bits per heavy atom. The van der Waals surface area contributed by atoms with Gasteiger partial charge in [-0.25, -0.2) is 4.79 Å². The van der Waals surface area contributed by atoms with E-state index in [1.807, 2.05) is 34.6 Å². The highest BCUT2D eigenvalue weighted by Gasteiger charge is 2.24. The first-order valence-corrected chi connectivity index (χ1v) is 6.22. The first-order chi connectivity index (χ1) is 7.81. The van der Waals surface area contributed by atoms with Crippen molar-refractivity contribution in [2.45, 2.75) is 46.3 Å². The number of rotatable bonds is 6. The minimum atomic E-state index is -0.449. The fourth-order valence-corrected chi connectivity index (χ4v) is 1.46. The van der Waals surface area contributed by atoms with Gasteiger partial charge in [-0.15, -0.1) is 0 Å². The molecule has 0 aliphatic rings. The lowest BCUT2D eigenvalue weighted by Crippen LogP contribution is -2.46. The van der Waals surface area contributed by atoms with Gasteiger partial charge in [0.15, 0.2) is 0 Å². The molecule has 0 aromatic rings. The van der Waals surface area contributed by atoms with E-state index in [2.05, 4.69) is 5.32 Å². The highest BCUT2D eigenvalue weighted by atomic mass is 16.6. The molecule has 102 valence electrons. The number of ether oxygens (including phenoxy) is 1. The van der Waals surface area contributed by atoms with E-state index in [-0.39, 0.29) is 12.1 Å². The van der Waals surface area contributed by atoms with Gasteiger partial charge in [0.05, 0.1) is 0 Å². The summed E-state index contributed by atoms with van der Waals surface area (Å²) in [6.07, 6.45) is -0.262. The van der Waals surface area contributed by atoms with E-state index in [0.717, 1.165) is 13.1 Å². The maximum atomic E-state index is 11.9. The Labute approximate surface area is 105 Å². The molecule has 0 heterocycles. The van der Waals surface area contributed by atoms with Crippen LogP contribution in [0.25, 0.3) is 0 Å². The summed E-state index contributed by atoms with van der Waals surface area (Å²) < 4.78 is 5.35. The van der Waals surface area contributed by atoms with Crippen molar-refractivity contribution < 1.29 is 9.53 Å². The van der Waals surface area contributed by atoms with Crippen LogP contribution in [-0.4, -0.2) is 48.8 Å². The number of nitrogens with one attached hydrogen (secondary N) is 1. The van der Waals surface area contributed by atoms with Crippen molar-refractivity contribution in [1.29, 1.82) is 0 Å². The lowest BCUT2D eigenvalue weighted by Gasteiger charge is -2.31. The zero-order valence-corrected chi connectivity index (χ0v) is 11.7. The van der Waals surface area contributed by atoms with E-state index < -0.39 is 5.60 Å². The van der Waals surface area contributed by atoms with Crippen molar-refractivity contribution in [3.8, 4) is 0 Å². The number of likely N-dealkylation sites (N-methyl/N-ethyl adjacent to an activating group) is 1. The molecule has 0 aliphatic heterocycles. The summed E-state index contributed by atoms with van der Waals surface area (Å²) in [5, 5.41) is 3.19. The van der Waals surface area contributed by atoms with Crippen LogP contribution in [0.2, 0.25) is 0 Å². The number of hydrogen-bond acceptors (Lipinski definition) is 4. The predicted octanol–water partition coefficient (Wildman–Crippen LogP) is 1.18. The van der Waals surface area contributed by atoms with E-state index in [1.54, 1.807) is 4.90 Å². The molecule has 0 rings (SSSR count). The number of nitrogens with zero attached hydrogens (tertiary/aromatic N) is 1. The molecule has 17 heavy (non-hydrogen) atoms. The lowest BCUT2D eigenvalue weighted by molar-refractivity contribution is 0.0189. The normalized spacial score (nSPS) is 13.3. The zero-order valence-electron chi connectivity index (χ0n) is 11.7. The van der Waals surface area contributed by atoms with E-state index in [9.17, 15) is 4.79 Å². The average Bonchev–Trinajstić information content (AvgIpc) is 2.16. The fourth-order valence-electron chi connectivity index (χ4n) is 1.46. The average molecular weight is 245 g/mol. The van der Waals surface area contributed by atoms with Gasteiger partial charge in [0.25, 0.3) is 0 Å². The second kappa shape index (κ2) is 7.50. The molecule has 0 bridgehead atoms. The van der Waals surface area contributed by atoms with Crippen LogP contribution in [0, 0.1) is 0 Å². The quantitative estimate of drug-likeness (QED) is 0.690. The third-order valence-electron chi connectivity index (χ3n) is 2.26. The summed E-state index contributed by atoms with van der Waals surface area (Å²) in [7, 11) is 0. The first-order valence-electron chi connectivity index (χ1n) is 6.22. The minimum Gasteiger partial charge on any atom is -0.444 e. The SMILES string of the molecule is CCN(C(=O)OC(C)(C)C)[C@H](C)CNCCN. The molecule has 0 unspecified atom stereocenters. The smallest absolute Gasteiger partial charge is 0.410 e. The molecular weight excluding hydrogens is 218 g/mol. The Bertz CT molecular complexity index is 226. The third kappa shape index (κ3) is 7.18. The highest BCUT2D eigenvalue weighted by molar-refractivity contribution is 5.68. The molecule has 0 aromatic heterocycles. The van der Waals surface area contributed by atoms with Gasteiger partial charge in [-0.2, -0.15) is 0 Å². The summed E-state index contributed by atoms with van der Waals surface area (Å²) in [4.78, 5) is 13.6. The van der Waals surface area contributed by atoms with Crippen molar-refractivity contribution in [3.63, 3.8) is 0 Å². The van der Waals surface area contributed by atoms with Gasteiger partial charge in [0, 0.05) is 32.2 Å². The van der Waals surface area contributed by atoms with Crippen molar-refractivity contribution >= 4 is 6.09 Å². The van der Waals surface area contributed by atoms with Crippen LogP contribution in [0.4, 0.5) is 4.79 Å². The molecule has 1 atom stereocenters.